The van der Waals surface area contributed by atoms with Crippen molar-refractivity contribution in [3.63, 3.8) is 0 Å². The summed E-state index contributed by atoms with van der Waals surface area (Å²) in [6.07, 6.45) is 1.86. The number of urea groups is 1. The van der Waals surface area contributed by atoms with Crippen molar-refractivity contribution in [2.75, 3.05) is 23.4 Å². The summed E-state index contributed by atoms with van der Waals surface area (Å²) in [4.78, 5) is 19.0. The Bertz CT molecular complexity index is 1090. The van der Waals surface area contributed by atoms with Crippen LogP contribution in [0.4, 0.5) is 25.0 Å². The van der Waals surface area contributed by atoms with Crippen molar-refractivity contribution in [1.29, 1.82) is 0 Å². The molecule has 30 heavy (non-hydrogen) atoms. The number of para-hydroxylation sites is 1. The minimum Gasteiger partial charge on any atom is -0.493 e. The summed E-state index contributed by atoms with van der Waals surface area (Å²) in [6, 6.07) is 11.8. The molecule has 1 aromatic heterocycles. The Morgan fingerprint density at radius 2 is 1.70 bits per heavy atom. The van der Waals surface area contributed by atoms with Crippen LogP contribution in [0.3, 0.4) is 0 Å². The Balaban J connectivity index is 1.77. The third kappa shape index (κ3) is 3.52. The lowest BCUT2D eigenvalue weighted by atomic mass is 10.2. The molecule has 0 saturated carbocycles. The summed E-state index contributed by atoms with van der Waals surface area (Å²) in [5.74, 6) is -0.638. The van der Waals surface area contributed by atoms with Gasteiger partial charge < -0.3 is 9.47 Å². The fourth-order valence-corrected chi connectivity index (χ4v) is 4.13. The molecule has 0 radical (unpaired) electrons. The monoisotopic (exact) mass is 429 g/mol. The summed E-state index contributed by atoms with van der Waals surface area (Å²) in [6.45, 7) is -0.277. The van der Waals surface area contributed by atoms with Gasteiger partial charge in [0, 0.05) is 11.6 Å². The zero-order valence-corrected chi connectivity index (χ0v) is 17.0. The molecule has 2 amide bonds. The number of pyridine rings is 1. The molecule has 0 N–H and O–H groups in total. The molecule has 154 valence electrons. The fraction of sp³-hybridized carbons (Fsp3) is 0.143. The molecule has 6 nitrogen and oxygen atoms in total. The van der Waals surface area contributed by atoms with Crippen molar-refractivity contribution < 1.29 is 23.0 Å². The van der Waals surface area contributed by atoms with Crippen molar-refractivity contribution in [3.05, 3.63) is 72.1 Å². The van der Waals surface area contributed by atoms with Crippen LogP contribution in [0, 0.1) is 11.6 Å². The predicted molar refractivity (Wildman–Crippen MR) is 110 cm³/mol. The van der Waals surface area contributed by atoms with Crippen molar-refractivity contribution in [2.45, 2.75) is 11.4 Å². The summed E-state index contributed by atoms with van der Waals surface area (Å²) >= 11 is 1.22. The highest BCUT2D eigenvalue weighted by Gasteiger charge is 2.34. The largest absolute Gasteiger partial charge is 0.493 e. The van der Waals surface area contributed by atoms with Gasteiger partial charge in [0.1, 0.15) is 11.6 Å². The van der Waals surface area contributed by atoms with Gasteiger partial charge in [-0.1, -0.05) is 12.1 Å². The van der Waals surface area contributed by atoms with Crippen LogP contribution in [-0.2, 0) is 6.54 Å². The van der Waals surface area contributed by atoms with Gasteiger partial charge in [-0.2, -0.15) is 0 Å². The molecular weight excluding hydrogens is 412 g/mol. The van der Waals surface area contributed by atoms with Crippen molar-refractivity contribution in [1.82, 2.24) is 4.98 Å². The number of nitrogens with zero attached hydrogens (tertiary/aromatic N) is 3. The number of hydrogen-bond acceptors (Lipinski definition) is 5. The summed E-state index contributed by atoms with van der Waals surface area (Å²) in [5, 5.41) is 0. The van der Waals surface area contributed by atoms with E-state index in [9.17, 15) is 13.6 Å². The van der Waals surface area contributed by atoms with Crippen LogP contribution in [0.15, 0.2) is 59.8 Å². The Hall–Kier alpha value is -3.33. The van der Waals surface area contributed by atoms with Gasteiger partial charge in [0.2, 0.25) is 0 Å². The Morgan fingerprint density at radius 3 is 2.40 bits per heavy atom. The Morgan fingerprint density at radius 1 is 1.00 bits per heavy atom. The molecule has 1 aliphatic heterocycles. The zero-order chi connectivity index (χ0) is 21.3. The maximum Gasteiger partial charge on any atom is 0.339 e. The molecule has 4 rings (SSSR count). The number of amides is 2. The van der Waals surface area contributed by atoms with Gasteiger partial charge >= 0.3 is 6.03 Å². The molecule has 0 saturated heterocycles. The lowest BCUT2D eigenvalue weighted by molar-refractivity contribution is 0.254. The molecule has 0 aliphatic carbocycles. The molecule has 2 heterocycles. The smallest absolute Gasteiger partial charge is 0.339 e. The van der Waals surface area contributed by atoms with E-state index in [0.29, 0.717) is 22.9 Å². The van der Waals surface area contributed by atoms with E-state index in [-0.39, 0.29) is 12.1 Å². The number of methoxy groups -OCH3 is 2. The second kappa shape index (κ2) is 8.19. The Kier molecular flexibility index (Phi) is 5.45. The van der Waals surface area contributed by atoms with Gasteiger partial charge in [-0.25, -0.2) is 17.9 Å². The molecule has 2 aromatic carbocycles. The SMILES string of the molecule is COc1ccc(N2Sc3ccccc3N(Cc3c(F)cncc3F)C2=O)cc1OC. The van der Waals surface area contributed by atoms with Crippen LogP contribution in [0.1, 0.15) is 5.56 Å². The maximum absolute atomic E-state index is 14.2. The van der Waals surface area contributed by atoms with Gasteiger partial charge in [0.25, 0.3) is 0 Å². The summed E-state index contributed by atoms with van der Waals surface area (Å²) in [7, 11) is 3.03. The van der Waals surface area contributed by atoms with E-state index < -0.39 is 17.7 Å². The number of carbonyl (C=O) groups excluding carboxylic acids is 1. The molecule has 0 spiro atoms. The highest BCUT2D eigenvalue weighted by atomic mass is 32.2. The first kappa shape index (κ1) is 20.0. The number of rotatable bonds is 5. The molecule has 3 aromatic rings. The number of anilines is 2. The topological polar surface area (TPSA) is 54.9 Å². The summed E-state index contributed by atoms with van der Waals surface area (Å²) < 4.78 is 40.5. The highest BCUT2D eigenvalue weighted by molar-refractivity contribution is 8.01. The molecular formula is C21H17F2N3O3S. The van der Waals surface area contributed by atoms with Crippen LogP contribution < -0.4 is 18.7 Å². The van der Waals surface area contributed by atoms with E-state index in [4.69, 9.17) is 9.47 Å². The van der Waals surface area contributed by atoms with Crippen molar-refractivity contribution in [2.24, 2.45) is 0 Å². The number of aromatic nitrogens is 1. The zero-order valence-electron chi connectivity index (χ0n) is 16.1. The third-order valence-corrected chi connectivity index (χ3v) is 5.71. The van der Waals surface area contributed by atoms with Crippen molar-refractivity contribution in [3.8, 4) is 11.5 Å². The average molecular weight is 429 g/mol. The van der Waals surface area contributed by atoms with Gasteiger partial charge in [0.05, 0.1) is 49.4 Å². The molecule has 0 atom stereocenters. The van der Waals surface area contributed by atoms with E-state index in [0.717, 1.165) is 17.3 Å². The maximum atomic E-state index is 14.2. The van der Waals surface area contributed by atoms with Crippen LogP contribution in [0.25, 0.3) is 0 Å². The first-order chi connectivity index (χ1) is 14.5. The van der Waals surface area contributed by atoms with E-state index in [1.807, 2.05) is 12.1 Å². The van der Waals surface area contributed by atoms with Gasteiger partial charge in [-0.05, 0) is 36.2 Å². The van der Waals surface area contributed by atoms with Gasteiger partial charge in [0.15, 0.2) is 11.5 Å². The van der Waals surface area contributed by atoms with Crippen LogP contribution >= 0.6 is 11.9 Å². The lowest BCUT2D eigenvalue weighted by Gasteiger charge is -2.36. The number of halogens is 2. The lowest BCUT2D eigenvalue weighted by Crippen LogP contribution is -2.43. The van der Waals surface area contributed by atoms with Crippen LogP contribution in [0.2, 0.25) is 0 Å². The minimum atomic E-state index is -0.809. The molecule has 1 aliphatic rings. The highest BCUT2D eigenvalue weighted by Crippen LogP contribution is 2.43. The van der Waals surface area contributed by atoms with Crippen LogP contribution in [0.5, 0.6) is 11.5 Å². The molecule has 0 bridgehead atoms. The molecule has 9 heteroatoms. The average Bonchev–Trinajstić information content (AvgIpc) is 2.77. The second-order valence-corrected chi connectivity index (χ2v) is 7.33. The summed E-state index contributed by atoms with van der Waals surface area (Å²) in [5.41, 5.74) is 0.880. The molecule has 0 fully saturated rings. The first-order valence-corrected chi connectivity index (χ1v) is 9.69. The Labute approximate surface area is 176 Å². The predicted octanol–water partition coefficient (Wildman–Crippen LogP) is 5.03. The van der Waals surface area contributed by atoms with E-state index in [2.05, 4.69) is 4.98 Å². The van der Waals surface area contributed by atoms with Gasteiger partial charge in [-0.15, -0.1) is 0 Å². The number of fused-ring (bicyclic) bond motifs is 1. The fourth-order valence-electron chi connectivity index (χ4n) is 3.12. The quantitative estimate of drug-likeness (QED) is 0.533. The van der Waals surface area contributed by atoms with Crippen LogP contribution in [-0.4, -0.2) is 25.2 Å². The molecule has 0 unspecified atom stereocenters. The first-order valence-electron chi connectivity index (χ1n) is 8.92. The standard InChI is InChI=1S/C21H17F2N3O3S/c1-28-18-8-7-13(9-19(18)29-2)26-21(27)25(17-5-3-4-6-20(17)30-26)12-14-15(22)10-24-11-16(14)23/h3-11H,12H2,1-2H3. The number of carbonyl (C=O) groups is 1. The van der Waals surface area contributed by atoms with Gasteiger partial charge in [-0.3, -0.25) is 9.88 Å². The van der Waals surface area contributed by atoms with Crippen molar-refractivity contribution >= 4 is 29.4 Å². The van der Waals surface area contributed by atoms with E-state index >= 15 is 0 Å². The number of hydrogen-bond donors (Lipinski definition) is 0. The number of benzene rings is 2. The second-order valence-electron chi connectivity index (χ2n) is 6.34. The normalized spacial score (nSPS) is 13.3. The van der Waals surface area contributed by atoms with E-state index in [1.54, 1.807) is 30.3 Å². The van der Waals surface area contributed by atoms with E-state index in [1.165, 1.54) is 35.4 Å². The third-order valence-electron chi connectivity index (χ3n) is 4.62. The number of ether oxygens (including phenoxy) is 2. The minimum absolute atomic E-state index is 0.229.